The molecule has 0 heterocycles. The zero-order chi connectivity index (χ0) is 19.3. The first-order valence-electron chi connectivity index (χ1n) is 9.88. The summed E-state index contributed by atoms with van der Waals surface area (Å²) in [5.74, 6) is -1.46. The molecule has 0 saturated heterocycles. The van der Waals surface area contributed by atoms with Crippen LogP contribution in [-0.4, -0.2) is 59.7 Å². The van der Waals surface area contributed by atoms with E-state index in [-0.39, 0.29) is 18.7 Å². The maximum atomic E-state index is 12.4. The van der Waals surface area contributed by atoms with Crippen molar-refractivity contribution in [2.75, 3.05) is 27.7 Å². The van der Waals surface area contributed by atoms with Crippen LogP contribution in [0.5, 0.6) is 0 Å². The summed E-state index contributed by atoms with van der Waals surface area (Å²) in [5.41, 5.74) is -1.76. The molecule has 25 heavy (non-hydrogen) atoms. The number of hydrogen-bond acceptors (Lipinski definition) is 3. The van der Waals surface area contributed by atoms with Gasteiger partial charge in [-0.25, -0.2) is 0 Å². The van der Waals surface area contributed by atoms with Crippen LogP contribution in [0.3, 0.4) is 0 Å². The third-order valence-electron chi connectivity index (χ3n) is 4.46. The van der Waals surface area contributed by atoms with E-state index in [9.17, 15) is 14.7 Å². The highest BCUT2D eigenvalue weighted by atomic mass is 16.4. The average molecular weight is 359 g/mol. The van der Waals surface area contributed by atoms with Crippen LogP contribution in [0, 0.1) is 0 Å². The fourth-order valence-electron chi connectivity index (χ4n) is 3.28. The van der Waals surface area contributed by atoms with Gasteiger partial charge in [-0.3, -0.25) is 9.59 Å². The lowest BCUT2D eigenvalue weighted by atomic mass is 9.89. The highest BCUT2D eigenvalue weighted by Gasteiger charge is 2.42. The molecule has 5 heteroatoms. The summed E-state index contributed by atoms with van der Waals surface area (Å²) >= 11 is 0. The second kappa shape index (κ2) is 12.4. The van der Waals surface area contributed by atoms with E-state index < -0.39 is 18.0 Å². The number of nitrogens with zero attached hydrogens (tertiary/aromatic N) is 1. The molecule has 0 aromatic rings. The predicted octanol–water partition coefficient (Wildman–Crippen LogP) is 3.78. The van der Waals surface area contributed by atoms with Gasteiger partial charge in [0.25, 0.3) is 0 Å². The van der Waals surface area contributed by atoms with Crippen LogP contribution >= 0.6 is 0 Å². The molecule has 0 bridgehead atoms. The van der Waals surface area contributed by atoms with Crippen LogP contribution in [0.25, 0.3) is 0 Å². The minimum atomic E-state index is -1.76. The van der Waals surface area contributed by atoms with Gasteiger partial charge in [0.05, 0.1) is 27.6 Å². The van der Waals surface area contributed by atoms with E-state index in [1.54, 1.807) is 0 Å². The molecule has 0 aliphatic carbocycles. The lowest BCUT2D eigenvalue weighted by Crippen LogP contribution is -2.54. The zero-order valence-corrected chi connectivity index (χ0v) is 16.9. The number of unbranched alkanes of at least 4 members (excludes halogenated alkanes) is 9. The Labute approximate surface area is 154 Å². The van der Waals surface area contributed by atoms with E-state index in [0.717, 1.165) is 19.3 Å². The summed E-state index contributed by atoms with van der Waals surface area (Å²) < 4.78 is 0.355. The molecule has 148 valence electrons. The number of Topliss-reactive ketones (excluding diaryl/α,β-unsaturated/α-hetero) is 1. The molecule has 0 aromatic heterocycles. The van der Waals surface area contributed by atoms with Gasteiger partial charge in [0.15, 0.2) is 11.4 Å². The van der Waals surface area contributed by atoms with Crippen LogP contribution in [0.15, 0.2) is 0 Å². The van der Waals surface area contributed by atoms with Crippen molar-refractivity contribution < 1.29 is 24.3 Å². The van der Waals surface area contributed by atoms with Gasteiger partial charge in [0, 0.05) is 6.42 Å². The van der Waals surface area contributed by atoms with Gasteiger partial charge in [-0.1, -0.05) is 64.7 Å². The molecule has 2 N–H and O–H groups in total. The molecule has 0 aromatic carbocycles. The summed E-state index contributed by atoms with van der Waals surface area (Å²) in [6, 6.07) is 0. The van der Waals surface area contributed by atoms with Gasteiger partial charge in [0.2, 0.25) is 0 Å². The van der Waals surface area contributed by atoms with Gasteiger partial charge in [-0.15, -0.1) is 0 Å². The summed E-state index contributed by atoms with van der Waals surface area (Å²) in [7, 11) is 5.54. The van der Waals surface area contributed by atoms with Gasteiger partial charge < -0.3 is 14.7 Å². The number of quaternary nitrogens is 1. The van der Waals surface area contributed by atoms with Crippen molar-refractivity contribution in [3.63, 3.8) is 0 Å². The van der Waals surface area contributed by atoms with Gasteiger partial charge in [-0.05, 0) is 6.42 Å². The van der Waals surface area contributed by atoms with Crippen LogP contribution in [-0.2, 0) is 9.59 Å². The fraction of sp³-hybridized carbons (Fsp3) is 0.900. The first kappa shape index (κ1) is 24.1. The maximum Gasteiger partial charge on any atom is 0.306 e. The van der Waals surface area contributed by atoms with Gasteiger partial charge in [0.1, 0.15) is 6.54 Å². The molecule has 0 amide bonds. The average Bonchev–Trinajstić information content (AvgIpc) is 2.46. The molecule has 1 atom stereocenters. The number of carboxylic acid groups (broad SMARTS) is 1. The van der Waals surface area contributed by atoms with Crippen molar-refractivity contribution in [2.45, 2.75) is 89.6 Å². The Balaban J connectivity index is 4.05. The quantitative estimate of drug-likeness (QED) is 0.325. The van der Waals surface area contributed by atoms with Crippen molar-refractivity contribution in [3.8, 4) is 0 Å². The Morgan fingerprint density at radius 1 is 0.840 bits per heavy atom. The number of aliphatic carboxylic acids is 1. The Morgan fingerprint density at radius 2 is 1.28 bits per heavy atom. The van der Waals surface area contributed by atoms with Crippen LogP contribution in [0.1, 0.15) is 84.0 Å². The SMILES string of the molecule is CCCCCCCCCCCCC(=O)C(O)(CC(=O)O)C[N+](C)(C)C. The molecule has 0 spiro atoms. The Morgan fingerprint density at radius 3 is 1.68 bits per heavy atom. The second-order valence-electron chi connectivity index (χ2n) is 8.41. The van der Waals surface area contributed by atoms with Crippen molar-refractivity contribution in [3.05, 3.63) is 0 Å². The molecular weight excluding hydrogens is 318 g/mol. The lowest BCUT2D eigenvalue weighted by Gasteiger charge is -2.33. The number of hydrogen-bond donors (Lipinski definition) is 2. The Hall–Kier alpha value is -0.940. The molecular formula is C20H40NO4+. The number of aliphatic hydroxyl groups is 1. The first-order valence-corrected chi connectivity index (χ1v) is 9.88. The van der Waals surface area contributed by atoms with Crippen LogP contribution in [0.4, 0.5) is 0 Å². The molecule has 0 fully saturated rings. The van der Waals surface area contributed by atoms with E-state index in [1.165, 1.54) is 44.9 Å². The minimum absolute atomic E-state index is 0.121. The fourth-order valence-corrected chi connectivity index (χ4v) is 3.28. The first-order chi connectivity index (χ1) is 11.6. The van der Waals surface area contributed by atoms with Crippen molar-refractivity contribution in [1.82, 2.24) is 0 Å². The number of ketones is 1. The second-order valence-corrected chi connectivity index (χ2v) is 8.41. The molecule has 0 rings (SSSR count). The predicted molar refractivity (Wildman–Crippen MR) is 102 cm³/mol. The molecule has 0 aliphatic heterocycles. The molecule has 0 saturated carbocycles. The highest BCUT2D eigenvalue weighted by molar-refractivity contribution is 5.90. The summed E-state index contributed by atoms with van der Waals surface area (Å²) in [5, 5.41) is 19.6. The molecule has 0 aliphatic rings. The highest BCUT2D eigenvalue weighted by Crippen LogP contribution is 2.20. The van der Waals surface area contributed by atoms with E-state index in [2.05, 4.69) is 6.92 Å². The molecule has 1 unspecified atom stereocenters. The number of rotatable bonds is 16. The lowest BCUT2D eigenvalue weighted by molar-refractivity contribution is -0.875. The summed E-state index contributed by atoms with van der Waals surface area (Å²) in [4.78, 5) is 23.4. The molecule has 0 radical (unpaired) electrons. The van der Waals surface area contributed by atoms with Gasteiger partial charge in [-0.2, -0.15) is 0 Å². The number of carboxylic acids is 1. The number of likely N-dealkylation sites (N-methyl/N-ethyl adjacent to an activating group) is 1. The smallest absolute Gasteiger partial charge is 0.306 e. The van der Waals surface area contributed by atoms with Crippen LogP contribution < -0.4 is 0 Å². The van der Waals surface area contributed by atoms with E-state index in [1.807, 2.05) is 21.1 Å². The summed E-state index contributed by atoms with van der Waals surface area (Å²) in [6.07, 6.45) is 11.5. The van der Waals surface area contributed by atoms with Crippen molar-refractivity contribution in [1.29, 1.82) is 0 Å². The normalized spacial score (nSPS) is 14.3. The van der Waals surface area contributed by atoms with E-state index >= 15 is 0 Å². The maximum absolute atomic E-state index is 12.4. The van der Waals surface area contributed by atoms with E-state index in [0.29, 0.717) is 4.48 Å². The number of carbonyl (C=O) groups excluding carboxylic acids is 1. The standard InChI is InChI=1S/C20H39NO4/c1-5-6-7-8-9-10-11-12-13-14-15-18(22)20(25,16-19(23)24)17-21(2,3)4/h25H,5-17H2,1-4H3/p+1. The summed E-state index contributed by atoms with van der Waals surface area (Å²) in [6.45, 7) is 2.34. The Kier molecular flexibility index (Phi) is 12.0. The minimum Gasteiger partial charge on any atom is -0.481 e. The van der Waals surface area contributed by atoms with Crippen molar-refractivity contribution >= 4 is 11.8 Å². The van der Waals surface area contributed by atoms with Crippen LogP contribution in [0.2, 0.25) is 0 Å². The zero-order valence-electron chi connectivity index (χ0n) is 16.9. The monoisotopic (exact) mass is 358 g/mol. The Bertz CT molecular complexity index is 390. The third kappa shape index (κ3) is 13.0. The molecule has 5 nitrogen and oxygen atoms in total. The third-order valence-corrected chi connectivity index (χ3v) is 4.46. The van der Waals surface area contributed by atoms with E-state index in [4.69, 9.17) is 5.11 Å². The topological polar surface area (TPSA) is 74.6 Å². The largest absolute Gasteiger partial charge is 0.481 e. The number of carbonyl (C=O) groups is 2. The van der Waals surface area contributed by atoms with Crippen molar-refractivity contribution in [2.24, 2.45) is 0 Å². The van der Waals surface area contributed by atoms with Gasteiger partial charge >= 0.3 is 5.97 Å².